The molecule has 18 heavy (non-hydrogen) atoms. The predicted octanol–water partition coefficient (Wildman–Crippen LogP) is 4.33. The fourth-order valence-electron chi connectivity index (χ4n) is 1.55. The fourth-order valence-corrected chi connectivity index (χ4v) is 1.89. The maximum Gasteiger partial charge on any atom is 0.129 e. The van der Waals surface area contributed by atoms with Crippen LogP contribution in [0.2, 0.25) is 10.0 Å². The van der Waals surface area contributed by atoms with E-state index in [2.05, 4.69) is 5.32 Å². The van der Waals surface area contributed by atoms with E-state index < -0.39 is 0 Å². The van der Waals surface area contributed by atoms with E-state index in [-0.39, 0.29) is 5.82 Å². The molecule has 0 amide bonds. The molecule has 0 unspecified atom stereocenters. The summed E-state index contributed by atoms with van der Waals surface area (Å²) in [6.45, 7) is 0.328. The van der Waals surface area contributed by atoms with E-state index in [1.807, 2.05) is 0 Å². The molecule has 0 fully saturated rings. The van der Waals surface area contributed by atoms with Crippen molar-refractivity contribution in [3.05, 3.63) is 57.8 Å². The summed E-state index contributed by atoms with van der Waals surface area (Å²) in [5.74, 6) is -0.345. The Bertz CT molecular complexity index is 521. The largest absolute Gasteiger partial charge is 0.397 e. The Morgan fingerprint density at radius 2 is 1.72 bits per heavy atom. The van der Waals surface area contributed by atoms with Gasteiger partial charge in [-0.1, -0.05) is 29.3 Å². The number of rotatable bonds is 3. The molecule has 0 aromatic heterocycles. The Morgan fingerprint density at radius 1 is 1.06 bits per heavy atom. The fraction of sp³-hybridized carbons (Fsp3) is 0.0769. The second-order valence-corrected chi connectivity index (χ2v) is 4.69. The smallest absolute Gasteiger partial charge is 0.129 e. The van der Waals surface area contributed by atoms with Crippen LogP contribution in [0.25, 0.3) is 0 Å². The van der Waals surface area contributed by atoms with Crippen LogP contribution in [0.3, 0.4) is 0 Å². The topological polar surface area (TPSA) is 38.0 Å². The molecule has 5 heteroatoms. The zero-order valence-electron chi connectivity index (χ0n) is 9.38. The van der Waals surface area contributed by atoms with E-state index in [4.69, 9.17) is 28.9 Å². The Hall–Kier alpha value is -1.45. The first-order valence-electron chi connectivity index (χ1n) is 5.29. The highest BCUT2D eigenvalue weighted by Gasteiger charge is 2.04. The van der Waals surface area contributed by atoms with E-state index in [1.165, 1.54) is 6.07 Å². The average molecular weight is 285 g/mol. The third-order valence-corrected chi connectivity index (χ3v) is 2.97. The molecule has 0 saturated carbocycles. The third-order valence-electron chi connectivity index (χ3n) is 2.50. The predicted molar refractivity (Wildman–Crippen MR) is 74.6 cm³/mol. The van der Waals surface area contributed by atoms with Gasteiger partial charge in [0.25, 0.3) is 0 Å². The Morgan fingerprint density at radius 3 is 2.39 bits per heavy atom. The summed E-state index contributed by atoms with van der Waals surface area (Å²) in [5.41, 5.74) is 7.55. The van der Waals surface area contributed by atoms with E-state index in [0.29, 0.717) is 33.5 Å². The van der Waals surface area contributed by atoms with Crippen LogP contribution < -0.4 is 11.1 Å². The lowest BCUT2D eigenvalue weighted by Crippen LogP contribution is -2.04. The van der Waals surface area contributed by atoms with Crippen LogP contribution in [0, 0.1) is 5.82 Å². The van der Waals surface area contributed by atoms with Crippen molar-refractivity contribution in [3.8, 4) is 0 Å². The lowest BCUT2D eigenvalue weighted by Gasteiger charge is -2.10. The highest BCUT2D eigenvalue weighted by atomic mass is 35.5. The maximum atomic E-state index is 13.5. The second-order valence-electron chi connectivity index (χ2n) is 3.82. The zero-order valence-corrected chi connectivity index (χ0v) is 10.9. The van der Waals surface area contributed by atoms with Gasteiger partial charge in [-0.2, -0.15) is 0 Å². The van der Waals surface area contributed by atoms with Crippen LogP contribution in [-0.2, 0) is 6.54 Å². The van der Waals surface area contributed by atoms with Gasteiger partial charge >= 0.3 is 0 Å². The monoisotopic (exact) mass is 284 g/mol. The SMILES string of the molecule is Nc1cc(Cl)ccc1NCc1ccc(Cl)cc1F. The summed E-state index contributed by atoms with van der Waals surface area (Å²) in [7, 11) is 0. The standard InChI is InChI=1S/C13H11Cl2FN2/c14-9-2-1-8(11(16)5-9)7-18-13-4-3-10(15)6-12(13)17/h1-6,18H,7,17H2. The number of hydrogen-bond acceptors (Lipinski definition) is 2. The number of nitrogen functional groups attached to an aromatic ring is 1. The molecule has 0 aliphatic rings. The first-order valence-corrected chi connectivity index (χ1v) is 6.04. The van der Waals surface area contributed by atoms with Gasteiger partial charge in [0.1, 0.15) is 5.82 Å². The molecule has 0 atom stereocenters. The van der Waals surface area contributed by atoms with Gasteiger partial charge in [0.2, 0.25) is 0 Å². The minimum Gasteiger partial charge on any atom is -0.397 e. The number of nitrogens with one attached hydrogen (secondary N) is 1. The van der Waals surface area contributed by atoms with E-state index >= 15 is 0 Å². The number of hydrogen-bond donors (Lipinski definition) is 2. The molecule has 0 spiro atoms. The molecule has 2 nitrogen and oxygen atoms in total. The van der Waals surface area contributed by atoms with E-state index in [0.717, 1.165) is 0 Å². The van der Waals surface area contributed by atoms with E-state index in [1.54, 1.807) is 30.3 Å². The molecular formula is C13H11Cl2FN2. The molecular weight excluding hydrogens is 274 g/mol. The van der Waals surface area contributed by atoms with Gasteiger partial charge < -0.3 is 11.1 Å². The van der Waals surface area contributed by atoms with Crippen molar-refractivity contribution in [1.29, 1.82) is 0 Å². The lowest BCUT2D eigenvalue weighted by molar-refractivity contribution is 0.613. The molecule has 2 aromatic carbocycles. The highest BCUT2D eigenvalue weighted by Crippen LogP contribution is 2.23. The lowest BCUT2D eigenvalue weighted by atomic mass is 10.2. The second kappa shape index (κ2) is 5.46. The van der Waals surface area contributed by atoms with Gasteiger partial charge in [-0.05, 0) is 30.3 Å². The molecule has 0 heterocycles. The van der Waals surface area contributed by atoms with Crippen LogP contribution in [-0.4, -0.2) is 0 Å². The first kappa shape index (κ1) is 13.0. The summed E-state index contributed by atoms with van der Waals surface area (Å²) in [4.78, 5) is 0. The van der Waals surface area contributed by atoms with Crippen molar-refractivity contribution in [2.24, 2.45) is 0 Å². The van der Waals surface area contributed by atoms with Gasteiger partial charge in [-0.15, -0.1) is 0 Å². The van der Waals surface area contributed by atoms with E-state index in [9.17, 15) is 4.39 Å². The van der Waals surface area contributed by atoms with Gasteiger partial charge in [-0.25, -0.2) is 4.39 Å². The average Bonchev–Trinajstić information content (AvgIpc) is 2.30. The van der Waals surface area contributed by atoms with Crippen LogP contribution in [0.5, 0.6) is 0 Å². The molecule has 2 aromatic rings. The van der Waals surface area contributed by atoms with Crippen molar-refractivity contribution >= 4 is 34.6 Å². The molecule has 0 aliphatic carbocycles. The summed E-state index contributed by atoms with van der Waals surface area (Å²) < 4.78 is 13.5. The molecule has 0 aliphatic heterocycles. The number of nitrogens with two attached hydrogens (primary N) is 1. The third kappa shape index (κ3) is 3.06. The molecule has 0 bridgehead atoms. The minimum atomic E-state index is -0.345. The molecule has 94 valence electrons. The Balaban J connectivity index is 2.11. The summed E-state index contributed by atoms with van der Waals surface area (Å²) in [6.07, 6.45) is 0. The van der Waals surface area contributed by atoms with Crippen molar-refractivity contribution < 1.29 is 4.39 Å². The molecule has 0 radical (unpaired) electrons. The van der Waals surface area contributed by atoms with Crippen LogP contribution >= 0.6 is 23.2 Å². The Kier molecular flexibility index (Phi) is 3.94. The highest BCUT2D eigenvalue weighted by molar-refractivity contribution is 6.31. The summed E-state index contributed by atoms with van der Waals surface area (Å²) in [5, 5.41) is 3.99. The van der Waals surface area contributed by atoms with Crippen molar-refractivity contribution in [3.63, 3.8) is 0 Å². The zero-order chi connectivity index (χ0) is 13.1. The van der Waals surface area contributed by atoms with Crippen LogP contribution in [0.1, 0.15) is 5.56 Å². The molecule has 0 saturated heterocycles. The number of benzene rings is 2. The number of anilines is 2. The summed E-state index contributed by atoms with van der Waals surface area (Å²) >= 11 is 11.5. The minimum absolute atomic E-state index is 0.328. The van der Waals surface area contributed by atoms with Gasteiger partial charge in [0.05, 0.1) is 11.4 Å². The quantitative estimate of drug-likeness (QED) is 0.824. The first-order chi connectivity index (χ1) is 8.56. The normalized spacial score (nSPS) is 10.4. The van der Waals surface area contributed by atoms with Crippen molar-refractivity contribution in [1.82, 2.24) is 0 Å². The van der Waals surface area contributed by atoms with Crippen LogP contribution in [0.15, 0.2) is 36.4 Å². The molecule has 3 N–H and O–H groups in total. The maximum absolute atomic E-state index is 13.5. The Labute approximate surface area is 115 Å². The van der Waals surface area contributed by atoms with Crippen LogP contribution in [0.4, 0.5) is 15.8 Å². The van der Waals surface area contributed by atoms with Crippen molar-refractivity contribution in [2.75, 3.05) is 11.1 Å². The number of halogens is 3. The molecule has 2 rings (SSSR count). The van der Waals surface area contributed by atoms with Gasteiger partial charge in [0.15, 0.2) is 0 Å². The van der Waals surface area contributed by atoms with Crippen molar-refractivity contribution in [2.45, 2.75) is 6.54 Å². The van der Waals surface area contributed by atoms with Gasteiger partial charge in [-0.3, -0.25) is 0 Å². The van der Waals surface area contributed by atoms with Gasteiger partial charge in [0, 0.05) is 22.2 Å². The summed E-state index contributed by atoms with van der Waals surface area (Å²) in [6, 6.07) is 9.68.